The van der Waals surface area contributed by atoms with Crippen LogP contribution in [-0.2, 0) is 34.0 Å². The van der Waals surface area contributed by atoms with Gasteiger partial charge < -0.3 is 14.2 Å². The zero-order valence-electron chi connectivity index (χ0n) is 31.1. The number of carbonyl (C=O) groups is 4. The number of aryl methyl sites for hydroxylation is 2. The zero-order chi connectivity index (χ0) is 38.1. The van der Waals surface area contributed by atoms with Crippen molar-refractivity contribution in [2.24, 2.45) is 0 Å². The Morgan fingerprint density at radius 3 is 1.77 bits per heavy atom. The van der Waals surface area contributed by atoms with Crippen LogP contribution in [0.5, 0.6) is 0 Å². The first kappa shape index (κ1) is 38.2. The number of hydrogen-bond acceptors (Lipinski definition) is 7. The van der Waals surface area contributed by atoms with E-state index in [-0.39, 0.29) is 25.5 Å². The van der Waals surface area contributed by atoms with E-state index in [4.69, 9.17) is 14.2 Å². The summed E-state index contributed by atoms with van der Waals surface area (Å²) in [5.41, 5.74) is 7.21. The molecule has 0 aliphatic rings. The molecular weight excluding hydrogens is 666 g/mol. The second-order valence-electron chi connectivity index (χ2n) is 13.9. The van der Waals surface area contributed by atoms with Crippen LogP contribution in [0.2, 0.25) is 0 Å². The lowest BCUT2D eigenvalue weighted by Gasteiger charge is -2.28. The van der Waals surface area contributed by atoms with Gasteiger partial charge in [-0.1, -0.05) is 79.7 Å². The minimum atomic E-state index is -0.760. The minimum absolute atomic E-state index is 0.0503. The van der Waals surface area contributed by atoms with Gasteiger partial charge in [-0.05, 0) is 116 Å². The highest BCUT2D eigenvalue weighted by molar-refractivity contribution is 5.97. The third-order valence-electron chi connectivity index (χ3n) is 8.65. The number of Topliss-reactive ketones (excluding diaryl/α,β-unsaturated/α-hetero) is 1. The summed E-state index contributed by atoms with van der Waals surface area (Å²) in [6, 6.07) is 34.4. The second kappa shape index (κ2) is 17.0. The Morgan fingerprint density at radius 2 is 1.21 bits per heavy atom. The van der Waals surface area contributed by atoms with Gasteiger partial charge in [-0.3, -0.25) is 9.69 Å². The molecule has 5 aromatic rings. The molecule has 0 spiro atoms. The summed E-state index contributed by atoms with van der Waals surface area (Å²) >= 11 is 0. The van der Waals surface area contributed by atoms with Crippen molar-refractivity contribution in [3.63, 3.8) is 0 Å². The highest BCUT2D eigenvalue weighted by atomic mass is 16.6. The Morgan fingerprint density at radius 1 is 0.604 bits per heavy atom. The summed E-state index contributed by atoms with van der Waals surface area (Å²) < 4.78 is 17.3. The molecule has 0 heterocycles. The highest BCUT2D eigenvalue weighted by Crippen LogP contribution is 2.33. The summed E-state index contributed by atoms with van der Waals surface area (Å²) in [4.78, 5) is 53.6. The predicted molar refractivity (Wildman–Crippen MR) is 206 cm³/mol. The fourth-order valence-corrected chi connectivity index (χ4v) is 5.83. The number of nitrogens with zero attached hydrogens (tertiary/aromatic N) is 1. The molecule has 0 bridgehead atoms. The quantitative estimate of drug-likeness (QED) is 0.0722. The van der Waals surface area contributed by atoms with Crippen molar-refractivity contribution >= 4 is 29.5 Å². The van der Waals surface area contributed by atoms with Gasteiger partial charge >= 0.3 is 18.0 Å². The van der Waals surface area contributed by atoms with Gasteiger partial charge in [-0.15, -0.1) is 0 Å². The first-order chi connectivity index (χ1) is 25.3. The second-order valence-corrected chi connectivity index (χ2v) is 13.9. The number of ketones is 1. The molecule has 5 rings (SSSR count). The number of hydrogen-bond donors (Lipinski definition) is 0. The molecule has 53 heavy (non-hydrogen) atoms. The standard InChI is InChI=1S/C45H45NO7/c1-7-41(47)35-21-23-39(31(3)24-35)40-26-38(22-18-30(40)2)46(44(50)53-45(4,5)6)27-32-19-20-36(28-51-42(48)33-14-10-8-11-15-33)37(25-32)29-52-43(49)34-16-12-9-13-17-34/h8-26H,7,27-29H2,1-6H3. The number of esters is 2. The van der Waals surface area contributed by atoms with E-state index in [1.165, 1.54) is 0 Å². The zero-order valence-corrected chi connectivity index (χ0v) is 31.1. The van der Waals surface area contributed by atoms with E-state index in [0.29, 0.717) is 39.9 Å². The van der Waals surface area contributed by atoms with E-state index in [9.17, 15) is 19.2 Å². The fourth-order valence-electron chi connectivity index (χ4n) is 5.83. The molecule has 0 aliphatic heterocycles. The molecule has 5 aromatic carbocycles. The maximum atomic E-state index is 13.9. The summed E-state index contributed by atoms with van der Waals surface area (Å²) in [5, 5.41) is 0. The Kier molecular flexibility index (Phi) is 12.3. The van der Waals surface area contributed by atoms with E-state index in [2.05, 4.69) is 0 Å². The number of rotatable bonds is 12. The van der Waals surface area contributed by atoms with Gasteiger partial charge in [-0.2, -0.15) is 0 Å². The molecule has 0 atom stereocenters. The van der Waals surface area contributed by atoms with Crippen LogP contribution in [-0.4, -0.2) is 29.4 Å². The topological polar surface area (TPSA) is 99.2 Å². The largest absolute Gasteiger partial charge is 0.457 e. The fraction of sp³-hybridized carbons (Fsp3) is 0.244. The van der Waals surface area contributed by atoms with Gasteiger partial charge in [0.2, 0.25) is 0 Å². The molecule has 0 radical (unpaired) electrons. The summed E-state index contributed by atoms with van der Waals surface area (Å²) in [5.74, 6) is -0.890. The molecular formula is C45H45NO7. The summed E-state index contributed by atoms with van der Waals surface area (Å²) in [7, 11) is 0. The number of anilines is 1. The van der Waals surface area contributed by atoms with E-state index in [0.717, 1.165) is 27.8 Å². The lowest BCUT2D eigenvalue weighted by Crippen LogP contribution is -2.36. The Hall–Kier alpha value is -6.02. The van der Waals surface area contributed by atoms with Crippen molar-refractivity contribution in [1.82, 2.24) is 0 Å². The highest BCUT2D eigenvalue weighted by Gasteiger charge is 2.25. The van der Waals surface area contributed by atoms with Crippen molar-refractivity contribution < 1.29 is 33.4 Å². The van der Waals surface area contributed by atoms with Crippen molar-refractivity contribution in [2.75, 3.05) is 4.90 Å². The predicted octanol–water partition coefficient (Wildman–Crippen LogP) is 10.2. The molecule has 8 heteroatoms. The molecule has 0 saturated carbocycles. The average molecular weight is 712 g/mol. The van der Waals surface area contributed by atoms with Crippen molar-refractivity contribution in [3.05, 3.63) is 160 Å². The molecule has 8 nitrogen and oxygen atoms in total. The van der Waals surface area contributed by atoms with E-state index >= 15 is 0 Å². The minimum Gasteiger partial charge on any atom is -0.457 e. The molecule has 0 fully saturated rings. The van der Waals surface area contributed by atoms with E-state index in [1.807, 2.05) is 108 Å². The van der Waals surface area contributed by atoms with Gasteiger partial charge in [0.1, 0.15) is 18.8 Å². The van der Waals surface area contributed by atoms with Crippen LogP contribution in [0.1, 0.15) is 93.0 Å². The first-order valence-electron chi connectivity index (χ1n) is 17.6. The SMILES string of the molecule is CCC(=O)c1ccc(-c2cc(N(Cc3ccc(COC(=O)c4ccccc4)c(COC(=O)c4ccccc4)c3)C(=O)OC(C)(C)C)ccc2C)c(C)c1. The van der Waals surface area contributed by atoms with Gasteiger partial charge in [-0.25, -0.2) is 14.4 Å². The Bertz CT molecular complexity index is 2100. The van der Waals surface area contributed by atoms with Crippen LogP contribution in [0, 0.1) is 13.8 Å². The molecule has 0 unspecified atom stereocenters. The molecule has 0 aliphatic carbocycles. The third-order valence-corrected chi connectivity index (χ3v) is 8.65. The Labute approximate surface area is 311 Å². The smallest absolute Gasteiger partial charge is 0.415 e. The van der Waals surface area contributed by atoms with E-state index < -0.39 is 23.6 Å². The molecule has 1 amide bonds. The molecule has 0 N–H and O–H groups in total. The monoisotopic (exact) mass is 711 g/mol. The van der Waals surface area contributed by atoms with Crippen molar-refractivity contribution in [3.8, 4) is 11.1 Å². The lowest BCUT2D eigenvalue weighted by molar-refractivity contribution is 0.0435. The van der Waals surface area contributed by atoms with Crippen LogP contribution >= 0.6 is 0 Å². The first-order valence-corrected chi connectivity index (χ1v) is 17.6. The number of benzene rings is 5. The molecule has 0 saturated heterocycles. The van der Waals surface area contributed by atoms with Gasteiger partial charge in [0.15, 0.2) is 5.78 Å². The summed E-state index contributed by atoms with van der Waals surface area (Å²) in [6.45, 7) is 11.3. The van der Waals surface area contributed by atoms with E-state index in [1.54, 1.807) is 53.4 Å². The molecule has 0 aromatic heterocycles. The summed E-state index contributed by atoms with van der Waals surface area (Å²) in [6.07, 6.45) is -0.111. The van der Waals surface area contributed by atoms with Gasteiger partial charge in [0.05, 0.1) is 17.7 Å². The van der Waals surface area contributed by atoms with Crippen LogP contribution in [0.3, 0.4) is 0 Å². The van der Waals surface area contributed by atoms with Crippen LogP contribution in [0.15, 0.2) is 115 Å². The normalized spacial score (nSPS) is 11.1. The number of ether oxygens (including phenoxy) is 3. The maximum Gasteiger partial charge on any atom is 0.415 e. The number of carbonyl (C=O) groups excluding carboxylic acids is 4. The lowest BCUT2D eigenvalue weighted by atomic mass is 9.93. The van der Waals surface area contributed by atoms with Crippen LogP contribution in [0.25, 0.3) is 11.1 Å². The Balaban J connectivity index is 1.49. The van der Waals surface area contributed by atoms with Gasteiger partial charge in [0, 0.05) is 17.7 Å². The number of amides is 1. The third kappa shape index (κ3) is 10.1. The van der Waals surface area contributed by atoms with Gasteiger partial charge in [0.25, 0.3) is 0 Å². The molecule has 272 valence electrons. The van der Waals surface area contributed by atoms with Crippen molar-refractivity contribution in [1.29, 1.82) is 0 Å². The average Bonchev–Trinajstić information content (AvgIpc) is 3.15. The van der Waals surface area contributed by atoms with Crippen molar-refractivity contribution in [2.45, 2.75) is 73.3 Å². The maximum absolute atomic E-state index is 13.9. The van der Waals surface area contributed by atoms with Crippen LogP contribution < -0.4 is 4.90 Å². The van der Waals surface area contributed by atoms with Crippen LogP contribution in [0.4, 0.5) is 10.5 Å².